The SMILES string of the molecule is CC.CCC(=O)N(C)CCOCCOCCOCCOCCCC(C)C. The van der Waals surface area contributed by atoms with Crippen molar-refractivity contribution in [2.45, 2.75) is 53.9 Å². The van der Waals surface area contributed by atoms with Gasteiger partial charge < -0.3 is 23.8 Å². The minimum Gasteiger partial charge on any atom is -0.379 e. The number of ether oxygens (including phenoxy) is 4. The van der Waals surface area contributed by atoms with Crippen molar-refractivity contribution in [1.29, 1.82) is 0 Å². The van der Waals surface area contributed by atoms with Gasteiger partial charge in [0.2, 0.25) is 5.91 Å². The molecule has 0 bridgehead atoms. The number of carbonyl (C=O) groups excluding carboxylic acids is 1. The summed E-state index contributed by atoms with van der Waals surface area (Å²) < 4.78 is 21.7. The van der Waals surface area contributed by atoms with Crippen LogP contribution in [-0.4, -0.2) is 77.3 Å². The van der Waals surface area contributed by atoms with Gasteiger partial charge in [-0.15, -0.1) is 0 Å². The minimum absolute atomic E-state index is 0.135. The van der Waals surface area contributed by atoms with Gasteiger partial charge in [-0.3, -0.25) is 4.79 Å². The molecule has 0 saturated carbocycles. The van der Waals surface area contributed by atoms with Gasteiger partial charge in [-0.05, 0) is 18.8 Å². The predicted octanol–water partition coefficient (Wildman–Crippen LogP) is 3.38. The number of carbonyl (C=O) groups is 1. The third-order valence-corrected chi connectivity index (χ3v) is 3.49. The molecule has 0 aromatic heterocycles. The highest BCUT2D eigenvalue weighted by atomic mass is 16.6. The Bertz CT molecular complexity index is 287. The Morgan fingerprint density at radius 3 is 1.65 bits per heavy atom. The highest BCUT2D eigenvalue weighted by Crippen LogP contribution is 2.02. The molecule has 0 aliphatic carbocycles. The second-order valence-corrected chi connectivity index (χ2v) is 6.15. The number of hydrogen-bond acceptors (Lipinski definition) is 5. The molecule has 0 aromatic carbocycles. The Morgan fingerprint density at radius 1 is 0.808 bits per heavy atom. The van der Waals surface area contributed by atoms with Crippen LogP contribution in [0.25, 0.3) is 0 Å². The molecule has 26 heavy (non-hydrogen) atoms. The molecule has 158 valence electrons. The van der Waals surface area contributed by atoms with Crippen LogP contribution in [0.1, 0.15) is 53.9 Å². The summed E-state index contributed by atoms with van der Waals surface area (Å²) in [5.74, 6) is 0.876. The molecular weight excluding hydrogens is 334 g/mol. The van der Waals surface area contributed by atoms with E-state index < -0.39 is 0 Å². The average molecular weight is 378 g/mol. The molecule has 0 aromatic rings. The van der Waals surface area contributed by atoms with E-state index in [0.717, 1.165) is 18.9 Å². The van der Waals surface area contributed by atoms with Gasteiger partial charge in [-0.25, -0.2) is 0 Å². The summed E-state index contributed by atoms with van der Waals surface area (Å²) in [6.45, 7) is 15.7. The van der Waals surface area contributed by atoms with Crippen molar-refractivity contribution in [2.75, 3.05) is 66.4 Å². The van der Waals surface area contributed by atoms with Gasteiger partial charge in [0.1, 0.15) is 0 Å². The molecule has 0 rings (SSSR count). The van der Waals surface area contributed by atoms with Crippen molar-refractivity contribution in [1.82, 2.24) is 4.90 Å². The number of likely N-dealkylation sites (N-methyl/N-ethyl adjacent to an activating group) is 1. The van der Waals surface area contributed by atoms with Crippen molar-refractivity contribution in [2.24, 2.45) is 5.92 Å². The predicted molar refractivity (Wildman–Crippen MR) is 107 cm³/mol. The van der Waals surface area contributed by atoms with Crippen LogP contribution in [0.5, 0.6) is 0 Å². The van der Waals surface area contributed by atoms with E-state index in [0.29, 0.717) is 59.2 Å². The lowest BCUT2D eigenvalue weighted by Crippen LogP contribution is -2.29. The highest BCUT2D eigenvalue weighted by molar-refractivity contribution is 5.75. The van der Waals surface area contributed by atoms with Gasteiger partial charge >= 0.3 is 0 Å². The Kier molecular flexibility index (Phi) is 23.7. The van der Waals surface area contributed by atoms with Crippen LogP contribution in [0.2, 0.25) is 0 Å². The molecular formula is C20H43NO5. The molecule has 0 N–H and O–H groups in total. The second-order valence-electron chi connectivity index (χ2n) is 6.15. The molecule has 0 spiro atoms. The second kappa shape index (κ2) is 22.4. The smallest absolute Gasteiger partial charge is 0.222 e. The summed E-state index contributed by atoms with van der Waals surface area (Å²) in [5, 5.41) is 0. The van der Waals surface area contributed by atoms with E-state index in [1.165, 1.54) is 6.42 Å². The van der Waals surface area contributed by atoms with E-state index in [1.807, 2.05) is 20.8 Å². The first-order valence-electron chi connectivity index (χ1n) is 10.1. The normalized spacial score (nSPS) is 10.6. The quantitative estimate of drug-likeness (QED) is 0.364. The third kappa shape index (κ3) is 21.4. The van der Waals surface area contributed by atoms with Gasteiger partial charge in [-0.2, -0.15) is 0 Å². The van der Waals surface area contributed by atoms with Crippen molar-refractivity contribution in [3.8, 4) is 0 Å². The zero-order valence-corrected chi connectivity index (χ0v) is 18.1. The zero-order chi connectivity index (χ0) is 20.0. The molecule has 0 radical (unpaired) electrons. The maximum atomic E-state index is 11.3. The molecule has 0 fully saturated rings. The molecule has 6 heteroatoms. The van der Waals surface area contributed by atoms with Crippen LogP contribution < -0.4 is 0 Å². The number of amides is 1. The van der Waals surface area contributed by atoms with E-state index in [4.69, 9.17) is 18.9 Å². The molecule has 1 amide bonds. The maximum absolute atomic E-state index is 11.3. The fraction of sp³-hybridized carbons (Fsp3) is 0.950. The first kappa shape index (κ1) is 27.5. The summed E-state index contributed by atoms with van der Waals surface area (Å²) >= 11 is 0. The summed E-state index contributed by atoms with van der Waals surface area (Å²) in [6, 6.07) is 0. The molecule has 0 unspecified atom stereocenters. The molecule has 0 atom stereocenters. The van der Waals surface area contributed by atoms with E-state index >= 15 is 0 Å². The summed E-state index contributed by atoms with van der Waals surface area (Å²) in [4.78, 5) is 13.0. The van der Waals surface area contributed by atoms with Crippen LogP contribution in [0.4, 0.5) is 0 Å². The molecule has 0 heterocycles. The van der Waals surface area contributed by atoms with Crippen LogP contribution in [0.3, 0.4) is 0 Å². The number of rotatable bonds is 17. The summed E-state index contributed by atoms with van der Waals surface area (Å²) in [6.07, 6.45) is 2.85. The third-order valence-electron chi connectivity index (χ3n) is 3.49. The van der Waals surface area contributed by atoms with Gasteiger partial charge in [0.15, 0.2) is 0 Å². The van der Waals surface area contributed by atoms with Crippen LogP contribution in [-0.2, 0) is 23.7 Å². The minimum atomic E-state index is 0.135. The number of nitrogens with zero attached hydrogens (tertiary/aromatic N) is 1. The lowest BCUT2D eigenvalue weighted by molar-refractivity contribution is -0.130. The van der Waals surface area contributed by atoms with Crippen LogP contribution in [0.15, 0.2) is 0 Å². The topological polar surface area (TPSA) is 57.2 Å². The number of hydrogen-bond donors (Lipinski definition) is 0. The standard InChI is InChI=1S/C18H37NO5.C2H6/c1-5-18(20)19(4)8-10-22-12-14-24-16-15-23-13-11-21-9-6-7-17(2)3;1-2/h17H,5-16H2,1-4H3;1-2H3. The molecule has 0 aliphatic heterocycles. The first-order chi connectivity index (χ1) is 12.6. The van der Waals surface area contributed by atoms with Crippen molar-refractivity contribution in [3.63, 3.8) is 0 Å². The monoisotopic (exact) mass is 377 g/mol. The van der Waals surface area contributed by atoms with E-state index in [1.54, 1.807) is 11.9 Å². The Labute approximate surface area is 161 Å². The van der Waals surface area contributed by atoms with Crippen molar-refractivity contribution < 1.29 is 23.7 Å². The zero-order valence-electron chi connectivity index (χ0n) is 18.1. The lowest BCUT2D eigenvalue weighted by Gasteiger charge is -2.16. The van der Waals surface area contributed by atoms with Crippen LogP contribution >= 0.6 is 0 Å². The lowest BCUT2D eigenvalue weighted by atomic mass is 10.1. The Morgan fingerprint density at radius 2 is 1.23 bits per heavy atom. The van der Waals surface area contributed by atoms with Gasteiger partial charge in [0.05, 0.1) is 46.2 Å². The van der Waals surface area contributed by atoms with E-state index in [2.05, 4.69) is 13.8 Å². The highest BCUT2D eigenvalue weighted by Gasteiger charge is 2.04. The van der Waals surface area contributed by atoms with Crippen LogP contribution in [0, 0.1) is 5.92 Å². The first-order valence-corrected chi connectivity index (χ1v) is 10.1. The average Bonchev–Trinajstić information content (AvgIpc) is 2.65. The van der Waals surface area contributed by atoms with Crippen molar-refractivity contribution >= 4 is 5.91 Å². The Balaban J connectivity index is 0. The summed E-state index contributed by atoms with van der Waals surface area (Å²) in [5.41, 5.74) is 0. The molecule has 0 saturated heterocycles. The van der Waals surface area contributed by atoms with E-state index in [-0.39, 0.29) is 5.91 Å². The fourth-order valence-corrected chi connectivity index (χ4v) is 1.95. The van der Waals surface area contributed by atoms with E-state index in [9.17, 15) is 4.79 Å². The molecule has 0 aliphatic rings. The van der Waals surface area contributed by atoms with Gasteiger partial charge in [0, 0.05) is 26.6 Å². The van der Waals surface area contributed by atoms with Gasteiger partial charge in [-0.1, -0.05) is 34.6 Å². The largest absolute Gasteiger partial charge is 0.379 e. The van der Waals surface area contributed by atoms with Gasteiger partial charge in [0.25, 0.3) is 0 Å². The summed E-state index contributed by atoms with van der Waals surface area (Å²) in [7, 11) is 1.79. The molecule has 6 nitrogen and oxygen atoms in total. The Hall–Kier alpha value is -0.690. The van der Waals surface area contributed by atoms with Crippen molar-refractivity contribution in [3.05, 3.63) is 0 Å². The fourth-order valence-electron chi connectivity index (χ4n) is 1.95. The maximum Gasteiger partial charge on any atom is 0.222 e.